The Morgan fingerprint density at radius 2 is 1.89 bits per heavy atom. The molecule has 2 rings (SSSR count). The summed E-state index contributed by atoms with van der Waals surface area (Å²) < 4.78 is 5.28. The number of benzene rings is 2. The Morgan fingerprint density at radius 3 is 2.53 bits per heavy atom. The van der Waals surface area contributed by atoms with Gasteiger partial charge in [-0.2, -0.15) is 0 Å². The third-order valence-corrected chi connectivity index (χ3v) is 4.42. The number of rotatable bonds is 4. The monoisotopic (exact) mass is 292 g/mol. The lowest BCUT2D eigenvalue weighted by Gasteiger charge is -2.15. The second-order valence-corrected chi connectivity index (χ2v) is 5.62. The Labute approximate surface area is 123 Å². The van der Waals surface area contributed by atoms with Crippen molar-refractivity contribution in [1.29, 1.82) is 0 Å². The van der Waals surface area contributed by atoms with Gasteiger partial charge >= 0.3 is 0 Å². The summed E-state index contributed by atoms with van der Waals surface area (Å²) in [7, 11) is 1.68. The summed E-state index contributed by atoms with van der Waals surface area (Å²) in [6.07, 6.45) is 2.07. The second-order valence-electron chi connectivity index (χ2n) is 4.33. The second kappa shape index (κ2) is 6.36. The fourth-order valence-electron chi connectivity index (χ4n) is 2.11. The van der Waals surface area contributed by atoms with Crippen molar-refractivity contribution in [1.82, 2.24) is 0 Å². The van der Waals surface area contributed by atoms with Gasteiger partial charge in [0.1, 0.15) is 5.75 Å². The zero-order chi connectivity index (χ0) is 13.8. The van der Waals surface area contributed by atoms with Gasteiger partial charge in [0.05, 0.1) is 12.5 Å². The zero-order valence-corrected chi connectivity index (χ0v) is 12.9. The van der Waals surface area contributed by atoms with Crippen LogP contribution in [0.2, 0.25) is 0 Å². The summed E-state index contributed by atoms with van der Waals surface area (Å²) in [4.78, 5) is 1.22. The van der Waals surface area contributed by atoms with Gasteiger partial charge in [0.25, 0.3) is 0 Å². The lowest BCUT2D eigenvalue weighted by Crippen LogP contribution is -1.97. The molecule has 0 spiro atoms. The molecule has 0 saturated heterocycles. The Hall–Kier alpha value is -1.12. The summed E-state index contributed by atoms with van der Waals surface area (Å²) in [5.41, 5.74) is 3.36. The number of methoxy groups -OCH3 is 1. The summed E-state index contributed by atoms with van der Waals surface area (Å²) in [6, 6.07) is 14.4. The quantitative estimate of drug-likeness (QED) is 0.576. The molecule has 0 aliphatic rings. The maximum Gasteiger partial charge on any atom is 0.121 e. The molecule has 2 aromatic rings. The molecule has 0 amide bonds. The summed E-state index contributed by atoms with van der Waals surface area (Å²) in [5.74, 6) is 0.894. The molecule has 0 N–H and O–H groups in total. The van der Waals surface area contributed by atoms with Crippen LogP contribution in [0.1, 0.15) is 22.1 Å². The largest absolute Gasteiger partial charge is 0.496 e. The van der Waals surface area contributed by atoms with Gasteiger partial charge in [0.15, 0.2) is 0 Å². The van der Waals surface area contributed by atoms with Gasteiger partial charge < -0.3 is 4.74 Å². The summed E-state index contributed by atoms with van der Waals surface area (Å²) in [6.45, 7) is 2.03. The van der Waals surface area contributed by atoms with E-state index < -0.39 is 0 Å². The molecule has 0 heterocycles. The Kier molecular flexibility index (Phi) is 4.78. The van der Waals surface area contributed by atoms with Crippen molar-refractivity contribution in [3.63, 3.8) is 0 Å². The van der Waals surface area contributed by atoms with Crippen molar-refractivity contribution >= 4 is 23.4 Å². The Morgan fingerprint density at radius 1 is 1.16 bits per heavy atom. The third kappa shape index (κ3) is 3.07. The van der Waals surface area contributed by atoms with Gasteiger partial charge in [0.2, 0.25) is 0 Å². The maximum absolute atomic E-state index is 6.63. The lowest BCUT2D eigenvalue weighted by atomic mass is 10.0. The van der Waals surface area contributed by atoms with Crippen LogP contribution in [0.5, 0.6) is 5.75 Å². The van der Waals surface area contributed by atoms with E-state index >= 15 is 0 Å². The van der Waals surface area contributed by atoms with Crippen LogP contribution in [-0.4, -0.2) is 13.4 Å². The molecular formula is C16H17ClOS. The molecule has 1 atom stereocenters. The third-order valence-electron chi connectivity index (χ3n) is 3.12. The van der Waals surface area contributed by atoms with Gasteiger partial charge in [-0.3, -0.25) is 0 Å². The van der Waals surface area contributed by atoms with Crippen LogP contribution in [-0.2, 0) is 0 Å². The molecule has 19 heavy (non-hydrogen) atoms. The van der Waals surface area contributed by atoms with Crippen LogP contribution >= 0.6 is 23.4 Å². The lowest BCUT2D eigenvalue weighted by molar-refractivity contribution is 0.411. The first kappa shape index (κ1) is 14.3. The van der Waals surface area contributed by atoms with Crippen LogP contribution in [0.25, 0.3) is 0 Å². The van der Waals surface area contributed by atoms with Crippen molar-refractivity contribution in [3.05, 3.63) is 59.2 Å². The van der Waals surface area contributed by atoms with E-state index in [1.807, 2.05) is 31.2 Å². The summed E-state index contributed by atoms with van der Waals surface area (Å²) in [5, 5.41) is -0.131. The van der Waals surface area contributed by atoms with Crippen LogP contribution in [0.15, 0.2) is 47.4 Å². The smallest absolute Gasteiger partial charge is 0.121 e. The number of aryl methyl sites for hydroxylation is 1. The predicted octanol–water partition coefficient (Wildman–Crippen LogP) is 5.05. The van der Waals surface area contributed by atoms with Crippen molar-refractivity contribution < 1.29 is 4.74 Å². The first-order valence-corrected chi connectivity index (χ1v) is 7.75. The standard InChI is InChI=1S/C16H17ClOS/c1-11-10-12(8-9-14(11)18-2)16(17)13-6-4-5-7-15(13)19-3/h4-10,16H,1-3H3. The number of halogens is 1. The van der Waals surface area contributed by atoms with Crippen molar-refractivity contribution in [3.8, 4) is 5.75 Å². The molecule has 0 aromatic heterocycles. The first-order chi connectivity index (χ1) is 9.17. The van der Waals surface area contributed by atoms with Crippen molar-refractivity contribution in [2.24, 2.45) is 0 Å². The molecule has 1 unspecified atom stereocenters. The zero-order valence-electron chi connectivity index (χ0n) is 11.3. The first-order valence-electron chi connectivity index (χ1n) is 6.09. The number of hydrogen-bond acceptors (Lipinski definition) is 2. The SMILES string of the molecule is COc1ccc(C(Cl)c2ccccc2SC)cc1C. The van der Waals surface area contributed by atoms with E-state index in [1.54, 1.807) is 18.9 Å². The molecule has 1 nitrogen and oxygen atoms in total. The number of ether oxygens (including phenoxy) is 1. The number of hydrogen-bond donors (Lipinski definition) is 0. The van der Waals surface area contributed by atoms with E-state index in [4.69, 9.17) is 16.3 Å². The highest BCUT2D eigenvalue weighted by atomic mass is 35.5. The molecular weight excluding hydrogens is 276 g/mol. The number of thioether (sulfide) groups is 1. The topological polar surface area (TPSA) is 9.23 Å². The van der Waals surface area contributed by atoms with E-state index in [-0.39, 0.29) is 5.38 Å². The Balaban J connectivity index is 2.38. The van der Waals surface area contributed by atoms with E-state index in [0.29, 0.717) is 0 Å². The highest BCUT2D eigenvalue weighted by Crippen LogP contribution is 2.36. The van der Waals surface area contributed by atoms with E-state index in [9.17, 15) is 0 Å². The highest BCUT2D eigenvalue weighted by Gasteiger charge is 2.15. The average Bonchev–Trinajstić information content (AvgIpc) is 2.46. The molecule has 0 fully saturated rings. The molecule has 0 radical (unpaired) electrons. The maximum atomic E-state index is 6.63. The van der Waals surface area contributed by atoms with Gasteiger partial charge in [-0.15, -0.1) is 23.4 Å². The van der Waals surface area contributed by atoms with Crippen LogP contribution < -0.4 is 4.74 Å². The number of alkyl halides is 1. The highest BCUT2D eigenvalue weighted by molar-refractivity contribution is 7.98. The van der Waals surface area contributed by atoms with Crippen molar-refractivity contribution in [2.45, 2.75) is 17.2 Å². The molecule has 100 valence electrons. The molecule has 3 heteroatoms. The van der Waals surface area contributed by atoms with Crippen LogP contribution in [0, 0.1) is 6.92 Å². The van der Waals surface area contributed by atoms with Crippen LogP contribution in [0.4, 0.5) is 0 Å². The fourth-order valence-corrected chi connectivity index (χ4v) is 3.14. The van der Waals surface area contributed by atoms with Gasteiger partial charge in [-0.1, -0.05) is 30.3 Å². The van der Waals surface area contributed by atoms with Gasteiger partial charge in [0, 0.05) is 4.90 Å². The average molecular weight is 293 g/mol. The minimum atomic E-state index is -0.131. The minimum absolute atomic E-state index is 0.131. The molecule has 0 aliphatic carbocycles. The molecule has 2 aromatic carbocycles. The minimum Gasteiger partial charge on any atom is -0.496 e. The normalized spacial score (nSPS) is 12.2. The summed E-state index contributed by atoms with van der Waals surface area (Å²) >= 11 is 8.35. The molecule has 0 bridgehead atoms. The van der Waals surface area contributed by atoms with Gasteiger partial charge in [-0.05, 0) is 42.0 Å². The molecule has 0 saturated carbocycles. The van der Waals surface area contributed by atoms with Gasteiger partial charge in [-0.25, -0.2) is 0 Å². The Bertz CT molecular complexity index is 568. The van der Waals surface area contributed by atoms with Crippen molar-refractivity contribution in [2.75, 3.05) is 13.4 Å². The molecule has 0 aliphatic heterocycles. The van der Waals surface area contributed by atoms with Crippen LogP contribution in [0.3, 0.4) is 0 Å². The van der Waals surface area contributed by atoms with E-state index in [1.165, 1.54) is 4.90 Å². The predicted molar refractivity (Wildman–Crippen MR) is 83.7 cm³/mol. The fraction of sp³-hybridized carbons (Fsp3) is 0.250. The van der Waals surface area contributed by atoms with E-state index in [0.717, 1.165) is 22.4 Å². The van der Waals surface area contributed by atoms with E-state index in [2.05, 4.69) is 24.5 Å².